The van der Waals surface area contributed by atoms with E-state index < -0.39 is 5.25 Å². The lowest BCUT2D eigenvalue weighted by atomic mass is 10.1. The second-order valence-corrected chi connectivity index (χ2v) is 11.7. The molecule has 5 rings (SSSR count). The average molecular weight is 627 g/mol. The molecule has 1 atom stereocenters. The summed E-state index contributed by atoms with van der Waals surface area (Å²) in [4.78, 5) is 31.5. The Morgan fingerprint density at radius 3 is 2.33 bits per heavy atom. The van der Waals surface area contributed by atoms with Crippen molar-refractivity contribution in [3.63, 3.8) is 0 Å². The fourth-order valence-corrected chi connectivity index (χ4v) is 5.93. The number of halogens is 1. The van der Waals surface area contributed by atoms with E-state index in [1.54, 1.807) is 6.08 Å². The van der Waals surface area contributed by atoms with Crippen LogP contribution in [0.25, 0.3) is 17.3 Å². The lowest BCUT2D eigenvalue weighted by Gasteiger charge is -2.17. The number of thiazole rings is 1. The van der Waals surface area contributed by atoms with E-state index >= 15 is 0 Å². The predicted octanol–water partition coefficient (Wildman–Crippen LogP) is 8.70. The molecule has 0 bridgehead atoms. The average Bonchev–Trinajstić information content (AvgIpc) is 3.44. The van der Waals surface area contributed by atoms with E-state index in [4.69, 9.17) is 0 Å². The molecule has 4 aromatic carbocycles. The number of nitrogens with zero attached hydrogens (tertiary/aromatic N) is 1. The second kappa shape index (κ2) is 13.4. The summed E-state index contributed by atoms with van der Waals surface area (Å²) in [5.74, 6) is -0.401. The van der Waals surface area contributed by atoms with Crippen LogP contribution in [-0.4, -0.2) is 16.8 Å². The number of aromatic nitrogens is 1. The largest absolute Gasteiger partial charge is 0.322 e. The van der Waals surface area contributed by atoms with E-state index in [-0.39, 0.29) is 11.8 Å². The SMILES string of the molecule is O=C(/C=C/c1ccccc1)Nc1cccc(SC(C(=O)Nc2nc(-c3ccc(Br)cc3)cs2)c2ccccc2)c1. The first-order valence-electron chi connectivity index (χ1n) is 12.4. The standard InChI is InChI=1S/C32H24BrN3O2S2/c33-25-17-15-23(16-18-25)28-21-39-32(35-28)36-31(38)30(24-10-5-2-6-11-24)40-27-13-7-12-26(20-27)34-29(37)19-14-22-8-3-1-4-9-22/h1-21,30H,(H,34,37)(H,35,36,38)/b19-14+. The molecule has 1 aromatic heterocycles. The molecule has 0 spiro atoms. The smallest absolute Gasteiger partial charge is 0.248 e. The Morgan fingerprint density at radius 1 is 0.850 bits per heavy atom. The molecule has 2 amide bonds. The molecule has 1 unspecified atom stereocenters. The highest BCUT2D eigenvalue weighted by atomic mass is 79.9. The first kappa shape index (κ1) is 27.6. The molecule has 2 N–H and O–H groups in total. The quantitative estimate of drug-likeness (QED) is 0.127. The summed E-state index contributed by atoms with van der Waals surface area (Å²) in [6.45, 7) is 0. The van der Waals surface area contributed by atoms with Crippen LogP contribution in [-0.2, 0) is 9.59 Å². The summed E-state index contributed by atoms with van der Waals surface area (Å²) in [6, 6.07) is 34.7. The molecule has 0 aliphatic carbocycles. The number of nitrogens with one attached hydrogen (secondary N) is 2. The van der Waals surface area contributed by atoms with Crippen molar-refractivity contribution in [2.45, 2.75) is 10.1 Å². The highest BCUT2D eigenvalue weighted by Crippen LogP contribution is 2.37. The number of amides is 2. The zero-order valence-corrected chi connectivity index (χ0v) is 24.4. The lowest BCUT2D eigenvalue weighted by Crippen LogP contribution is -2.19. The molecule has 8 heteroatoms. The highest BCUT2D eigenvalue weighted by molar-refractivity contribution is 9.10. The van der Waals surface area contributed by atoms with Gasteiger partial charge < -0.3 is 10.6 Å². The summed E-state index contributed by atoms with van der Waals surface area (Å²) >= 11 is 6.26. The van der Waals surface area contributed by atoms with Crippen molar-refractivity contribution in [1.29, 1.82) is 0 Å². The normalized spacial score (nSPS) is 11.7. The van der Waals surface area contributed by atoms with Crippen LogP contribution >= 0.6 is 39.0 Å². The molecule has 0 saturated carbocycles. The fourth-order valence-electron chi connectivity index (χ4n) is 3.86. The van der Waals surface area contributed by atoms with Crippen LogP contribution in [0.4, 0.5) is 10.8 Å². The predicted molar refractivity (Wildman–Crippen MR) is 169 cm³/mol. The number of hydrogen-bond acceptors (Lipinski definition) is 5. The Bertz CT molecular complexity index is 1620. The van der Waals surface area contributed by atoms with Crippen molar-refractivity contribution < 1.29 is 9.59 Å². The minimum Gasteiger partial charge on any atom is -0.322 e. The Kier molecular flexibility index (Phi) is 9.23. The van der Waals surface area contributed by atoms with Gasteiger partial charge in [-0.1, -0.05) is 94.8 Å². The maximum atomic E-state index is 13.5. The first-order chi connectivity index (χ1) is 19.5. The second-order valence-electron chi connectivity index (χ2n) is 8.70. The van der Waals surface area contributed by atoms with Crippen molar-refractivity contribution >= 4 is 67.7 Å². The first-order valence-corrected chi connectivity index (χ1v) is 15.0. The third-order valence-corrected chi connectivity index (χ3v) is 8.33. The van der Waals surface area contributed by atoms with Crippen molar-refractivity contribution in [3.8, 4) is 11.3 Å². The van der Waals surface area contributed by atoms with E-state index in [0.29, 0.717) is 10.8 Å². The van der Waals surface area contributed by atoms with Gasteiger partial charge in [0, 0.05) is 32.1 Å². The molecular weight excluding hydrogens is 602 g/mol. The van der Waals surface area contributed by atoms with Crippen LogP contribution in [0.15, 0.2) is 130 Å². The zero-order chi connectivity index (χ0) is 27.7. The van der Waals surface area contributed by atoms with Gasteiger partial charge in [0.2, 0.25) is 11.8 Å². The number of carbonyl (C=O) groups is 2. The molecule has 40 heavy (non-hydrogen) atoms. The van der Waals surface area contributed by atoms with Gasteiger partial charge in [0.25, 0.3) is 0 Å². The van der Waals surface area contributed by atoms with E-state index in [2.05, 4.69) is 31.5 Å². The van der Waals surface area contributed by atoms with E-state index in [1.165, 1.54) is 29.2 Å². The van der Waals surface area contributed by atoms with Gasteiger partial charge in [0.15, 0.2) is 5.13 Å². The van der Waals surface area contributed by atoms with E-state index in [1.807, 2.05) is 115 Å². The Balaban J connectivity index is 1.30. The van der Waals surface area contributed by atoms with E-state index in [9.17, 15) is 9.59 Å². The lowest BCUT2D eigenvalue weighted by molar-refractivity contribution is -0.116. The topological polar surface area (TPSA) is 71.1 Å². The van der Waals surface area contributed by atoms with Crippen molar-refractivity contribution in [2.75, 3.05) is 10.6 Å². The molecule has 1 heterocycles. The highest BCUT2D eigenvalue weighted by Gasteiger charge is 2.23. The molecule has 5 aromatic rings. The minimum atomic E-state index is -0.523. The summed E-state index contributed by atoms with van der Waals surface area (Å²) in [6.07, 6.45) is 3.27. The van der Waals surface area contributed by atoms with Crippen LogP contribution in [0.2, 0.25) is 0 Å². The van der Waals surface area contributed by atoms with Gasteiger partial charge in [-0.3, -0.25) is 9.59 Å². The molecule has 0 radical (unpaired) electrons. The number of benzene rings is 4. The molecule has 0 aliphatic heterocycles. The third kappa shape index (κ3) is 7.57. The maximum absolute atomic E-state index is 13.5. The Labute approximate surface area is 249 Å². The molecule has 198 valence electrons. The number of carbonyl (C=O) groups excluding carboxylic acids is 2. The number of thioether (sulfide) groups is 1. The van der Waals surface area contributed by atoms with Crippen molar-refractivity contribution in [3.05, 3.63) is 136 Å². The van der Waals surface area contributed by atoms with Gasteiger partial charge in [-0.25, -0.2) is 4.98 Å². The third-order valence-electron chi connectivity index (χ3n) is 5.80. The fraction of sp³-hybridized carbons (Fsp3) is 0.0312. The summed E-state index contributed by atoms with van der Waals surface area (Å²) in [7, 11) is 0. The van der Waals surface area contributed by atoms with Gasteiger partial charge >= 0.3 is 0 Å². The van der Waals surface area contributed by atoms with Crippen LogP contribution < -0.4 is 10.6 Å². The van der Waals surface area contributed by atoms with Crippen LogP contribution in [0.5, 0.6) is 0 Å². The molecule has 0 saturated heterocycles. The van der Waals surface area contributed by atoms with Gasteiger partial charge in [-0.05, 0) is 47.5 Å². The summed E-state index contributed by atoms with van der Waals surface area (Å²) < 4.78 is 0.995. The summed E-state index contributed by atoms with van der Waals surface area (Å²) in [5, 5.41) is 7.85. The molecule has 0 fully saturated rings. The van der Waals surface area contributed by atoms with Crippen molar-refractivity contribution in [2.24, 2.45) is 0 Å². The monoisotopic (exact) mass is 625 g/mol. The van der Waals surface area contributed by atoms with Gasteiger partial charge in [0.05, 0.1) is 5.69 Å². The number of hydrogen-bond donors (Lipinski definition) is 2. The Hall–Kier alpha value is -3.98. The number of rotatable bonds is 9. The molecular formula is C32H24BrN3O2S2. The van der Waals surface area contributed by atoms with Gasteiger partial charge in [-0.15, -0.1) is 23.1 Å². The Morgan fingerprint density at radius 2 is 1.57 bits per heavy atom. The molecule has 0 aliphatic rings. The van der Waals surface area contributed by atoms with Crippen LogP contribution in [0.1, 0.15) is 16.4 Å². The summed E-state index contributed by atoms with van der Waals surface area (Å²) in [5.41, 5.74) is 4.25. The zero-order valence-electron chi connectivity index (χ0n) is 21.2. The molecule has 5 nitrogen and oxygen atoms in total. The van der Waals surface area contributed by atoms with Crippen LogP contribution in [0, 0.1) is 0 Å². The van der Waals surface area contributed by atoms with Gasteiger partial charge in [-0.2, -0.15) is 0 Å². The van der Waals surface area contributed by atoms with Crippen LogP contribution in [0.3, 0.4) is 0 Å². The maximum Gasteiger partial charge on any atom is 0.248 e. The van der Waals surface area contributed by atoms with Gasteiger partial charge in [0.1, 0.15) is 5.25 Å². The number of anilines is 2. The minimum absolute atomic E-state index is 0.173. The van der Waals surface area contributed by atoms with E-state index in [0.717, 1.165) is 31.8 Å². The van der Waals surface area contributed by atoms with Crippen molar-refractivity contribution in [1.82, 2.24) is 4.98 Å².